The minimum absolute atomic E-state index is 0.0819. The predicted octanol–water partition coefficient (Wildman–Crippen LogP) is 2.34. The number of methoxy groups -OCH3 is 1. The number of carbonyl (C=O) groups excluding carboxylic acids is 1. The molecular weight excluding hydrogens is 226 g/mol. The van der Waals surface area contributed by atoms with Crippen molar-refractivity contribution in [1.82, 2.24) is 4.98 Å². The summed E-state index contributed by atoms with van der Waals surface area (Å²) < 4.78 is 5.00. The largest absolute Gasteiger partial charge is 0.504 e. The molecule has 0 atom stereocenters. The van der Waals surface area contributed by atoms with Crippen LogP contribution in [0.2, 0.25) is 0 Å². The van der Waals surface area contributed by atoms with E-state index in [1.165, 1.54) is 30.7 Å². The molecule has 0 aliphatic heterocycles. The van der Waals surface area contributed by atoms with Gasteiger partial charge in [0.2, 0.25) is 0 Å². The Balaban J connectivity index is 2.43. The number of nitrogens with zero attached hydrogens (tertiary/aromatic N) is 1. The average molecular weight is 235 g/mol. The lowest BCUT2D eigenvalue weighted by Crippen LogP contribution is -1.84. The van der Waals surface area contributed by atoms with E-state index < -0.39 is 0 Å². The highest BCUT2D eigenvalue weighted by Gasteiger charge is 2.08. The van der Waals surface area contributed by atoms with E-state index in [9.17, 15) is 9.90 Å². The molecule has 0 aliphatic carbocycles. The Labute approximate surface area is 96.1 Å². The SMILES string of the molecule is COc1cc(-c2ncc(C=O)s2)ccc1O. The summed E-state index contributed by atoms with van der Waals surface area (Å²) in [7, 11) is 1.48. The van der Waals surface area contributed by atoms with Crippen LogP contribution in [0.4, 0.5) is 0 Å². The van der Waals surface area contributed by atoms with Crippen molar-refractivity contribution in [1.29, 1.82) is 0 Å². The van der Waals surface area contributed by atoms with Gasteiger partial charge in [-0.15, -0.1) is 11.3 Å². The minimum atomic E-state index is 0.0819. The summed E-state index contributed by atoms with van der Waals surface area (Å²) >= 11 is 1.29. The van der Waals surface area contributed by atoms with Gasteiger partial charge in [0, 0.05) is 11.8 Å². The summed E-state index contributed by atoms with van der Waals surface area (Å²) in [6.45, 7) is 0. The van der Waals surface area contributed by atoms with Gasteiger partial charge in [0.05, 0.1) is 12.0 Å². The molecule has 0 bridgehead atoms. The summed E-state index contributed by atoms with van der Waals surface area (Å²) in [6, 6.07) is 4.95. The summed E-state index contributed by atoms with van der Waals surface area (Å²) in [5.41, 5.74) is 0.813. The van der Waals surface area contributed by atoms with Crippen LogP contribution in [0.1, 0.15) is 9.67 Å². The number of hydrogen-bond acceptors (Lipinski definition) is 5. The maximum Gasteiger partial charge on any atom is 0.161 e. The first-order valence-corrected chi connectivity index (χ1v) is 5.34. The predicted molar refractivity (Wildman–Crippen MR) is 61.2 cm³/mol. The molecule has 2 aromatic rings. The molecule has 0 fully saturated rings. The third-order valence-corrected chi connectivity index (χ3v) is 3.04. The molecule has 0 unspecified atom stereocenters. The molecule has 0 saturated heterocycles. The molecule has 1 aromatic heterocycles. The Morgan fingerprint density at radius 3 is 2.94 bits per heavy atom. The fourth-order valence-corrected chi connectivity index (χ4v) is 2.01. The van der Waals surface area contributed by atoms with E-state index in [4.69, 9.17) is 4.74 Å². The highest BCUT2D eigenvalue weighted by atomic mass is 32.1. The van der Waals surface area contributed by atoms with Gasteiger partial charge in [-0.2, -0.15) is 0 Å². The van der Waals surface area contributed by atoms with Crippen LogP contribution in [0.5, 0.6) is 11.5 Å². The lowest BCUT2D eigenvalue weighted by Gasteiger charge is -2.04. The third kappa shape index (κ3) is 1.90. The number of ether oxygens (including phenoxy) is 1. The molecule has 0 amide bonds. The number of hydrogen-bond donors (Lipinski definition) is 1. The Kier molecular flexibility index (Phi) is 2.87. The highest BCUT2D eigenvalue weighted by Crippen LogP contribution is 2.32. The van der Waals surface area contributed by atoms with Crippen LogP contribution in [0.3, 0.4) is 0 Å². The maximum absolute atomic E-state index is 10.5. The fraction of sp³-hybridized carbons (Fsp3) is 0.0909. The third-order valence-electron chi connectivity index (χ3n) is 2.07. The van der Waals surface area contributed by atoms with E-state index in [-0.39, 0.29) is 5.75 Å². The lowest BCUT2D eigenvalue weighted by molar-refractivity contribution is 0.112. The molecule has 1 aromatic carbocycles. The fourth-order valence-electron chi connectivity index (χ4n) is 1.29. The van der Waals surface area contributed by atoms with Crippen molar-refractivity contribution >= 4 is 17.6 Å². The van der Waals surface area contributed by atoms with E-state index in [0.717, 1.165) is 16.9 Å². The smallest absolute Gasteiger partial charge is 0.161 e. The van der Waals surface area contributed by atoms with Crippen molar-refractivity contribution in [3.8, 4) is 22.1 Å². The number of phenolic OH excluding ortho intramolecular Hbond substituents is 1. The van der Waals surface area contributed by atoms with Crippen molar-refractivity contribution in [3.05, 3.63) is 29.3 Å². The van der Waals surface area contributed by atoms with Crippen molar-refractivity contribution < 1.29 is 14.6 Å². The van der Waals surface area contributed by atoms with Gasteiger partial charge < -0.3 is 9.84 Å². The van der Waals surface area contributed by atoms with Gasteiger partial charge >= 0.3 is 0 Å². The van der Waals surface area contributed by atoms with E-state index in [1.54, 1.807) is 12.1 Å². The Morgan fingerprint density at radius 2 is 2.31 bits per heavy atom. The van der Waals surface area contributed by atoms with Crippen LogP contribution in [0.15, 0.2) is 24.4 Å². The zero-order valence-electron chi connectivity index (χ0n) is 8.51. The Bertz CT molecular complexity index is 522. The van der Waals surface area contributed by atoms with Crippen LogP contribution in [0.25, 0.3) is 10.6 Å². The van der Waals surface area contributed by atoms with Crippen LogP contribution in [0, 0.1) is 0 Å². The molecular formula is C11H9NO3S. The summed E-state index contributed by atoms with van der Waals surface area (Å²) in [5.74, 6) is 0.471. The van der Waals surface area contributed by atoms with Crippen LogP contribution in [-0.2, 0) is 0 Å². The second kappa shape index (κ2) is 4.32. The molecule has 1 N–H and O–H groups in total. The Morgan fingerprint density at radius 1 is 1.50 bits per heavy atom. The number of aromatic nitrogens is 1. The molecule has 0 aliphatic rings. The van der Waals surface area contributed by atoms with Crippen LogP contribution < -0.4 is 4.74 Å². The first-order chi connectivity index (χ1) is 7.74. The van der Waals surface area contributed by atoms with E-state index in [0.29, 0.717) is 10.6 Å². The van der Waals surface area contributed by atoms with Crippen molar-refractivity contribution in [2.75, 3.05) is 7.11 Å². The molecule has 16 heavy (non-hydrogen) atoms. The summed E-state index contributed by atoms with van der Waals surface area (Å²) in [6.07, 6.45) is 2.28. The minimum Gasteiger partial charge on any atom is -0.504 e. The number of aldehydes is 1. The Hall–Kier alpha value is -1.88. The molecule has 0 saturated carbocycles. The van der Waals surface area contributed by atoms with Gasteiger partial charge in [-0.05, 0) is 18.2 Å². The second-order valence-corrected chi connectivity index (χ2v) is 4.13. The first kappa shape index (κ1) is 10.6. The van der Waals surface area contributed by atoms with E-state index in [1.807, 2.05) is 0 Å². The van der Waals surface area contributed by atoms with Gasteiger partial charge in [-0.25, -0.2) is 4.98 Å². The lowest BCUT2D eigenvalue weighted by atomic mass is 10.2. The van der Waals surface area contributed by atoms with Gasteiger partial charge in [-0.1, -0.05) is 0 Å². The molecule has 2 rings (SSSR count). The number of thiazole rings is 1. The number of aromatic hydroxyl groups is 1. The van der Waals surface area contributed by atoms with Crippen LogP contribution >= 0.6 is 11.3 Å². The molecule has 4 nitrogen and oxygen atoms in total. The zero-order chi connectivity index (χ0) is 11.5. The number of carbonyl (C=O) groups is 1. The standard InChI is InChI=1S/C11H9NO3S/c1-15-10-4-7(2-3-9(10)14)11-12-5-8(6-13)16-11/h2-6,14H,1H3. The molecule has 5 heteroatoms. The van der Waals surface area contributed by atoms with Crippen molar-refractivity contribution in [2.45, 2.75) is 0 Å². The summed E-state index contributed by atoms with van der Waals surface area (Å²) in [4.78, 5) is 15.2. The maximum atomic E-state index is 10.5. The topological polar surface area (TPSA) is 59.4 Å². The van der Waals surface area contributed by atoms with Crippen molar-refractivity contribution in [3.63, 3.8) is 0 Å². The molecule has 0 spiro atoms. The number of phenols is 1. The average Bonchev–Trinajstić information content (AvgIpc) is 2.78. The molecule has 0 radical (unpaired) electrons. The van der Waals surface area contributed by atoms with E-state index in [2.05, 4.69) is 4.98 Å². The highest BCUT2D eigenvalue weighted by molar-refractivity contribution is 7.16. The normalized spacial score (nSPS) is 10.1. The van der Waals surface area contributed by atoms with Gasteiger partial charge in [0.15, 0.2) is 17.8 Å². The molecule has 1 heterocycles. The van der Waals surface area contributed by atoms with Gasteiger partial charge in [0.25, 0.3) is 0 Å². The number of benzene rings is 1. The van der Waals surface area contributed by atoms with Crippen LogP contribution in [-0.4, -0.2) is 23.5 Å². The molecule has 82 valence electrons. The van der Waals surface area contributed by atoms with Gasteiger partial charge in [-0.3, -0.25) is 4.79 Å². The number of rotatable bonds is 3. The first-order valence-electron chi connectivity index (χ1n) is 4.53. The van der Waals surface area contributed by atoms with Crippen molar-refractivity contribution in [2.24, 2.45) is 0 Å². The van der Waals surface area contributed by atoms with Gasteiger partial charge in [0.1, 0.15) is 5.01 Å². The second-order valence-electron chi connectivity index (χ2n) is 3.07. The zero-order valence-corrected chi connectivity index (χ0v) is 9.32. The monoisotopic (exact) mass is 235 g/mol. The van der Waals surface area contributed by atoms with E-state index >= 15 is 0 Å². The summed E-state index contributed by atoms with van der Waals surface area (Å²) in [5, 5.41) is 10.2. The quantitative estimate of drug-likeness (QED) is 0.829.